The molecule has 0 aromatic heterocycles. The molecule has 5 nitrogen and oxygen atoms in total. The predicted molar refractivity (Wildman–Crippen MR) is 109 cm³/mol. The van der Waals surface area contributed by atoms with Crippen LogP contribution in [-0.2, 0) is 6.54 Å². The number of benzene rings is 2. The van der Waals surface area contributed by atoms with Crippen molar-refractivity contribution in [2.24, 2.45) is 5.92 Å². The number of carbonyl (C=O) groups excluding carboxylic acids is 1. The van der Waals surface area contributed by atoms with Crippen LogP contribution in [-0.4, -0.2) is 37.2 Å². The maximum Gasteiger partial charge on any atom is 0.319 e. The summed E-state index contributed by atoms with van der Waals surface area (Å²) in [6.45, 7) is 6.49. The number of anilines is 1. The van der Waals surface area contributed by atoms with Crippen molar-refractivity contribution in [2.75, 3.05) is 31.6 Å². The molecule has 0 bridgehead atoms. The highest BCUT2D eigenvalue weighted by atomic mass is 16.5. The van der Waals surface area contributed by atoms with Gasteiger partial charge in [-0.1, -0.05) is 30.3 Å². The lowest BCUT2D eigenvalue weighted by molar-refractivity contribution is 0.175. The Labute approximate surface area is 161 Å². The highest BCUT2D eigenvalue weighted by Gasteiger charge is 2.19. The molecule has 3 rings (SSSR count). The number of ether oxygens (including phenoxy) is 1. The van der Waals surface area contributed by atoms with Gasteiger partial charge in [0, 0.05) is 18.8 Å². The van der Waals surface area contributed by atoms with Gasteiger partial charge in [0.25, 0.3) is 0 Å². The summed E-state index contributed by atoms with van der Waals surface area (Å²) in [5, 5.41) is 5.88. The number of amides is 2. The number of carbonyl (C=O) groups is 1. The molecule has 0 aliphatic carbocycles. The van der Waals surface area contributed by atoms with Gasteiger partial charge in [-0.2, -0.15) is 0 Å². The largest absolute Gasteiger partial charge is 0.494 e. The van der Waals surface area contributed by atoms with Gasteiger partial charge in [0.15, 0.2) is 0 Å². The Morgan fingerprint density at radius 3 is 2.44 bits per heavy atom. The Kier molecular flexibility index (Phi) is 7.11. The summed E-state index contributed by atoms with van der Waals surface area (Å²) in [5.41, 5.74) is 2.14. The molecule has 2 N–H and O–H groups in total. The Balaban J connectivity index is 1.35. The van der Waals surface area contributed by atoms with Crippen LogP contribution < -0.4 is 15.4 Å². The number of rotatable bonds is 7. The van der Waals surface area contributed by atoms with Crippen molar-refractivity contribution in [3.63, 3.8) is 0 Å². The van der Waals surface area contributed by atoms with Gasteiger partial charge in [0.1, 0.15) is 5.75 Å². The molecule has 1 fully saturated rings. The second kappa shape index (κ2) is 9.97. The minimum Gasteiger partial charge on any atom is -0.494 e. The summed E-state index contributed by atoms with van der Waals surface area (Å²) in [6, 6.07) is 17.9. The normalized spacial score (nSPS) is 15.3. The summed E-state index contributed by atoms with van der Waals surface area (Å²) in [4.78, 5) is 14.6. The van der Waals surface area contributed by atoms with Crippen molar-refractivity contribution in [1.82, 2.24) is 10.2 Å². The first kappa shape index (κ1) is 19.2. The third kappa shape index (κ3) is 6.29. The molecule has 1 aliphatic rings. The molecule has 1 aliphatic heterocycles. The minimum atomic E-state index is -0.147. The lowest BCUT2D eigenvalue weighted by Crippen LogP contribution is -2.39. The Morgan fingerprint density at radius 2 is 1.78 bits per heavy atom. The van der Waals surface area contributed by atoms with Crippen LogP contribution in [0.4, 0.5) is 10.5 Å². The Morgan fingerprint density at radius 1 is 1.07 bits per heavy atom. The van der Waals surface area contributed by atoms with E-state index < -0.39 is 0 Å². The molecule has 27 heavy (non-hydrogen) atoms. The lowest BCUT2D eigenvalue weighted by Gasteiger charge is -2.32. The van der Waals surface area contributed by atoms with Crippen LogP contribution in [0.5, 0.6) is 5.75 Å². The van der Waals surface area contributed by atoms with E-state index in [1.54, 1.807) is 0 Å². The van der Waals surface area contributed by atoms with E-state index in [1.807, 2.05) is 31.2 Å². The maximum atomic E-state index is 12.1. The van der Waals surface area contributed by atoms with Gasteiger partial charge in [0.2, 0.25) is 0 Å². The molecule has 5 heteroatoms. The second-order valence-electron chi connectivity index (χ2n) is 7.00. The van der Waals surface area contributed by atoms with Crippen molar-refractivity contribution in [1.29, 1.82) is 0 Å². The van der Waals surface area contributed by atoms with E-state index in [0.717, 1.165) is 50.5 Å². The molecule has 1 heterocycles. The molecule has 0 unspecified atom stereocenters. The maximum absolute atomic E-state index is 12.1. The number of hydrogen-bond acceptors (Lipinski definition) is 3. The van der Waals surface area contributed by atoms with Gasteiger partial charge in [-0.05, 0) is 68.6 Å². The molecule has 2 amide bonds. The average Bonchev–Trinajstić information content (AvgIpc) is 2.70. The van der Waals surface area contributed by atoms with Crippen molar-refractivity contribution >= 4 is 11.7 Å². The quantitative estimate of drug-likeness (QED) is 0.774. The van der Waals surface area contributed by atoms with E-state index in [9.17, 15) is 4.79 Å². The van der Waals surface area contributed by atoms with Crippen LogP contribution in [0.1, 0.15) is 25.3 Å². The predicted octanol–water partition coefficient (Wildman–Crippen LogP) is 4.12. The van der Waals surface area contributed by atoms with Crippen LogP contribution >= 0.6 is 0 Å². The summed E-state index contributed by atoms with van der Waals surface area (Å²) in [7, 11) is 0. The van der Waals surface area contributed by atoms with Crippen LogP contribution in [0.15, 0.2) is 54.6 Å². The monoisotopic (exact) mass is 367 g/mol. The van der Waals surface area contributed by atoms with Crippen LogP contribution in [0, 0.1) is 5.92 Å². The smallest absolute Gasteiger partial charge is 0.319 e. The Hall–Kier alpha value is -2.53. The zero-order chi connectivity index (χ0) is 18.9. The topological polar surface area (TPSA) is 53.6 Å². The average molecular weight is 367 g/mol. The molecule has 0 saturated carbocycles. The highest BCUT2D eigenvalue weighted by Crippen LogP contribution is 2.19. The van der Waals surface area contributed by atoms with E-state index in [-0.39, 0.29) is 6.03 Å². The van der Waals surface area contributed by atoms with Crippen molar-refractivity contribution in [3.05, 3.63) is 60.2 Å². The summed E-state index contributed by atoms with van der Waals surface area (Å²) in [6.07, 6.45) is 2.24. The molecule has 2 aromatic carbocycles. The second-order valence-corrected chi connectivity index (χ2v) is 7.00. The zero-order valence-electron chi connectivity index (χ0n) is 16.0. The van der Waals surface area contributed by atoms with Gasteiger partial charge in [-0.25, -0.2) is 4.79 Å². The molecule has 1 saturated heterocycles. The summed E-state index contributed by atoms with van der Waals surface area (Å²) >= 11 is 0. The fourth-order valence-electron chi connectivity index (χ4n) is 3.40. The summed E-state index contributed by atoms with van der Waals surface area (Å²) in [5.74, 6) is 1.36. The number of piperidine rings is 1. The van der Waals surface area contributed by atoms with Gasteiger partial charge in [0.05, 0.1) is 6.61 Å². The first-order valence-electron chi connectivity index (χ1n) is 9.77. The first-order valence-corrected chi connectivity index (χ1v) is 9.77. The minimum absolute atomic E-state index is 0.147. The van der Waals surface area contributed by atoms with Crippen LogP contribution in [0.25, 0.3) is 0 Å². The van der Waals surface area contributed by atoms with Crippen LogP contribution in [0.2, 0.25) is 0 Å². The third-order valence-corrected chi connectivity index (χ3v) is 4.93. The van der Waals surface area contributed by atoms with Crippen LogP contribution in [0.3, 0.4) is 0 Å². The van der Waals surface area contributed by atoms with Gasteiger partial charge < -0.3 is 15.4 Å². The molecular formula is C22H29N3O2. The van der Waals surface area contributed by atoms with Crippen molar-refractivity contribution < 1.29 is 9.53 Å². The number of likely N-dealkylation sites (tertiary alicyclic amines) is 1. The lowest BCUT2D eigenvalue weighted by atomic mass is 9.96. The number of urea groups is 1. The number of nitrogens with zero attached hydrogens (tertiary/aromatic N) is 1. The van der Waals surface area contributed by atoms with Crippen molar-refractivity contribution in [2.45, 2.75) is 26.3 Å². The molecule has 2 aromatic rings. The standard InChI is InChI=1S/C22H29N3O2/c1-2-27-21-10-8-20(9-11-21)24-22(26)23-16-18-12-14-25(15-13-18)17-19-6-4-3-5-7-19/h3-11,18H,2,12-17H2,1H3,(H2,23,24,26). The first-order chi connectivity index (χ1) is 13.2. The number of nitrogens with one attached hydrogen (secondary N) is 2. The fourth-order valence-corrected chi connectivity index (χ4v) is 3.40. The van der Waals surface area contributed by atoms with E-state index in [1.165, 1.54) is 5.56 Å². The van der Waals surface area contributed by atoms with Crippen molar-refractivity contribution in [3.8, 4) is 5.75 Å². The summed E-state index contributed by atoms with van der Waals surface area (Å²) < 4.78 is 5.41. The molecule has 0 radical (unpaired) electrons. The number of hydrogen-bond donors (Lipinski definition) is 2. The molecular weight excluding hydrogens is 338 g/mol. The SMILES string of the molecule is CCOc1ccc(NC(=O)NCC2CCN(Cc3ccccc3)CC2)cc1. The molecule has 144 valence electrons. The zero-order valence-corrected chi connectivity index (χ0v) is 16.0. The van der Waals surface area contributed by atoms with E-state index in [0.29, 0.717) is 12.5 Å². The van der Waals surface area contributed by atoms with E-state index in [4.69, 9.17) is 4.74 Å². The van der Waals surface area contributed by atoms with Gasteiger partial charge in [-0.3, -0.25) is 4.90 Å². The third-order valence-electron chi connectivity index (χ3n) is 4.93. The van der Waals surface area contributed by atoms with Gasteiger partial charge in [-0.15, -0.1) is 0 Å². The Bertz CT molecular complexity index is 695. The fraction of sp³-hybridized carbons (Fsp3) is 0.409. The molecule has 0 atom stereocenters. The van der Waals surface area contributed by atoms with E-state index >= 15 is 0 Å². The van der Waals surface area contributed by atoms with Gasteiger partial charge >= 0.3 is 6.03 Å². The highest BCUT2D eigenvalue weighted by molar-refractivity contribution is 5.89. The van der Waals surface area contributed by atoms with E-state index in [2.05, 4.69) is 45.9 Å². The molecule has 0 spiro atoms.